The van der Waals surface area contributed by atoms with Crippen molar-refractivity contribution in [2.45, 2.75) is 56.9 Å². The SMILES string of the molecule is O=C(O)C1(Nc2ccccc2Br)CCC2(CCCC2)CC1. The first-order valence-electron chi connectivity index (χ1n) is 7.82. The molecule has 0 radical (unpaired) electrons. The van der Waals surface area contributed by atoms with E-state index >= 15 is 0 Å². The average Bonchev–Trinajstić information content (AvgIpc) is 2.93. The average molecular weight is 352 g/mol. The standard InChI is InChI=1S/C17H22BrNO2/c18-13-5-1-2-6-14(13)19-17(15(20)21)11-9-16(10-12-17)7-3-4-8-16/h1-2,5-6,19H,3-4,7-12H2,(H,20,21). The summed E-state index contributed by atoms with van der Waals surface area (Å²) in [6.45, 7) is 0. The molecule has 0 unspecified atom stereocenters. The zero-order chi connectivity index (χ0) is 14.9. The van der Waals surface area contributed by atoms with Crippen LogP contribution in [-0.2, 0) is 4.79 Å². The summed E-state index contributed by atoms with van der Waals surface area (Å²) in [6, 6.07) is 7.76. The van der Waals surface area contributed by atoms with Crippen LogP contribution < -0.4 is 5.32 Å². The molecule has 2 aliphatic rings. The highest BCUT2D eigenvalue weighted by Crippen LogP contribution is 2.52. The van der Waals surface area contributed by atoms with Crippen molar-refractivity contribution in [1.82, 2.24) is 0 Å². The Morgan fingerprint density at radius 2 is 1.67 bits per heavy atom. The summed E-state index contributed by atoms with van der Waals surface area (Å²) in [6.07, 6.45) is 8.74. The largest absolute Gasteiger partial charge is 0.480 e. The number of carboxylic acid groups (broad SMARTS) is 1. The maximum Gasteiger partial charge on any atom is 0.329 e. The molecule has 0 heterocycles. The molecule has 114 valence electrons. The molecule has 2 aliphatic carbocycles. The van der Waals surface area contributed by atoms with Gasteiger partial charge < -0.3 is 10.4 Å². The topological polar surface area (TPSA) is 49.3 Å². The van der Waals surface area contributed by atoms with Gasteiger partial charge in [-0.15, -0.1) is 0 Å². The molecule has 3 nitrogen and oxygen atoms in total. The molecule has 2 saturated carbocycles. The van der Waals surface area contributed by atoms with Gasteiger partial charge >= 0.3 is 5.97 Å². The van der Waals surface area contributed by atoms with Crippen molar-refractivity contribution in [3.63, 3.8) is 0 Å². The van der Waals surface area contributed by atoms with Crippen LogP contribution >= 0.6 is 15.9 Å². The third-order valence-corrected chi connectivity index (χ3v) is 6.18. The number of carboxylic acids is 1. The number of nitrogens with one attached hydrogen (secondary N) is 1. The van der Waals surface area contributed by atoms with E-state index in [2.05, 4.69) is 21.2 Å². The Bertz CT molecular complexity index is 527. The second-order valence-corrected chi connectivity index (χ2v) is 7.55. The predicted molar refractivity (Wildman–Crippen MR) is 87.5 cm³/mol. The van der Waals surface area contributed by atoms with Crippen molar-refractivity contribution in [2.24, 2.45) is 5.41 Å². The van der Waals surface area contributed by atoms with Gasteiger partial charge in [0.25, 0.3) is 0 Å². The van der Waals surface area contributed by atoms with E-state index in [-0.39, 0.29) is 0 Å². The van der Waals surface area contributed by atoms with Crippen LogP contribution in [0.4, 0.5) is 5.69 Å². The smallest absolute Gasteiger partial charge is 0.329 e. The van der Waals surface area contributed by atoms with Crippen molar-refractivity contribution in [3.8, 4) is 0 Å². The fraction of sp³-hybridized carbons (Fsp3) is 0.588. The lowest BCUT2D eigenvalue weighted by molar-refractivity contribution is -0.144. The maximum atomic E-state index is 11.9. The van der Waals surface area contributed by atoms with Crippen LogP contribution in [0.1, 0.15) is 51.4 Å². The molecule has 0 atom stereocenters. The van der Waals surface area contributed by atoms with E-state index in [0.717, 1.165) is 35.8 Å². The maximum absolute atomic E-state index is 11.9. The highest BCUT2D eigenvalue weighted by Gasteiger charge is 2.48. The Kier molecular flexibility index (Phi) is 4.00. The van der Waals surface area contributed by atoms with E-state index in [9.17, 15) is 9.90 Å². The number of anilines is 1. The van der Waals surface area contributed by atoms with Gasteiger partial charge in [-0.2, -0.15) is 0 Å². The Labute approximate surface area is 134 Å². The van der Waals surface area contributed by atoms with Gasteiger partial charge in [0.05, 0.1) is 0 Å². The van der Waals surface area contributed by atoms with Crippen molar-refractivity contribution >= 4 is 27.6 Å². The first kappa shape index (κ1) is 14.9. The molecule has 0 aliphatic heterocycles. The molecule has 1 aromatic carbocycles. The lowest BCUT2D eigenvalue weighted by atomic mass is 9.66. The normalized spacial score (nSPS) is 23.1. The molecule has 1 aromatic rings. The van der Waals surface area contributed by atoms with E-state index in [1.165, 1.54) is 25.7 Å². The van der Waals surface area contributed by atoms with Crippen LogP contribution in [-0.4, -0.2) is 16.6 Å². The monoisotopic (exact) mass is 351 g/mol. The number of hydrogen-bond acceptors (Lipinski definition) is 2. The summed E-state index contributed by atoms with van der Waals surface area (Å²) in [5.41, 5.74) is 0.508. The lowest BCUT2D eigenvalue weighted by Crippen LogP contribution is -2.50. The lowest BCUT2D eigenvalue weighted by Gasteiger charge is -2.43. The number of aliphatic carboxylic acids is 1. The van der Waals surface area contributed by atoms with Gasteiger partial charge in [0.15, 0.2) is 0 Å². The third kappa shape index (κ3) is 2.83. The molecule has 0 amide bonds. The number of hydrogen-bond donors (Lipinski definition) is 2. The van der Waals surface area contributed by atoms with E-state index in [4.69, 9.17) is 0 Å². The summed E-state index contributed by atoms with van der Waals surface area (Å²) in [5, 5.41) is 13.1. The number of rotatable bonds is 3. The Hall–Kier alpha value is -1.03. The van der Waals surface area contributed by atoms with Crippen LogP contribution in [0.15, 0.2) is 28.7 Å². The minimum Gasteiger partial charge on any atom is -0.480 e. The molecule has 4 heteroatoms. The second kappa shape index (κ2) is 5.64. The van der Waals surface area contributed by atoms with Gasteiger partial charge in [-0.1, -0.05) is 25.0 Å². The fourth-order valence-corrected chi connectivity index (χ4v) is 4.43. The molecule has 2 N–H and O–H groups in total. The molecule has 1 spiro atoms. The second-order valence-electron chi connectivity index (χ2n) is 6.70. The molecule has 0 aromatic heterocycles. The fourth-order valence-electron chi connectivity index (χ4n) is 4.04. The van der Waals surface area contributed by atoms with E-state index in [1.807, 2.05) is 24.3 Å². The molecular formula is C17H22BrNO2. The molecule has 21 heavy (non-hydrogen) atoms. The van der Waals surface area contributed by atoms with Gasteiger partial charge in [0.1, 0.15) is 5.54 Å². The summed E-state index contributed by atoms with van der Waals surface area (Å²) in [4.78, 5) is 11.9. The number of carbonyl (C=O) groups is 1. The predicted octanol–water partition coefficient (Wildman–Crippen LogP) is 4.82. The number of benzene rings is 1. The van der Waals surface area contributed by atoms with Crippen LogP contribution in [0, 0.1) is 5.41 Å². The minimum atomic E-state index is -0.808. The van der Waals surface area contributed by atoms with Gasteiger partial charge in [-0.25, -0.2) is 4.79 Å². The molecule has 3 rings (SSSR count). The van der Waals surface area contributed by atoms with Crippen LogP contribution in [0.5, 0.6) is 0 Å². The Morgan fingerprint density at radius 3 is 2.24 bits per heavy atom. The summed E-state index contributed by atoms with van der Waals surface area (Å²) in [5.74, 6) is -0.717. The zero-order valence-corrected chi connectivity index (χ0v) is 13.8. The Balaban J connectivity index is 1.79. The van der Waals surface area contributed by atoms with Gasteiger partial charge in [-0.05, 0) is 72.0 Å². The molecule has 0 bridgehead atoms. The molecule has 2 fully saturated rings. The van der Waals surface area contributed by atoms with Gasteiger partial charge in [-0.3, -0.25) is 0 Å². The number of para-hydroxylation sites is 1. The number of halogens is 1. The first-order valence-corrected chi connectivity index (χ1v) is 8.61. The summed E-state index contributed by atoms with van der Waals surface area (Å²) < 4.78 is 0.923. The van der Waals surface area contributed by atoms with Crippen molar-refractivity contribution in [1.29, 1.82) is 0 Å². The van der Waals surface area contributed by atoms with Crippen molar-refractivity contribution in [2.75, 3.05) is 5.32 Å². The van der Waals surface area contributed by atoms with Gasteiger partial charge in [0.2, 0.25) is 0 Å². The van der Waals surface area contributed by atoms with E-state index in [0.29, 0.717) is 5.41 Å². The van der Waals surface area contributed by atoms with Crippen LogP contribution in [0.2, 0.25) is 0 Å². The quantitative estimate of drug-likeness (QED) is 0.820. The highest BCUT2D eigenvalue weighted by atomic mass is 79.9. The zero-order valence-electron chi connectivity index (χ0n) is 12.2. The summed E-state index contributed by atoms with van der Waals surface area (Å²) >= 11 is 3.50. The van der Waals surface area contributed by atoms with Crippen LogP contribution in [0.3, 0.4) is 0 Å². The van der Waals surface area contributed by atoms with E-state index in [1.54, 1.807) is 0 Å². The summed E-state index contributed by atoms with van der Waals surface area (Å²) in [7, 11) is 0. The third-order valence-electron chi connectivity index (χ3n) is 5.49. The first-order chi connectivity index (χ1) is 10.1. The molecule has 0 saturated heterocycles. The van der Waals surface area contributed by atoms with E-state index < -0.39 is 11.5 Å². The highest BCUT2D eigenvalue weighted by molar-refractivity contribution is 9.10. The Morgan fingerprint density at radius 1 is 1.05 bits per heavy atom. The minimum absolute atomic E-state index is 0.439. The van der Waals surface area contributed by atoms with Crippen molar-refractivity contribution < 1.29 is 9.90 Å². The molecular weight excluding hydrogens is 330 g/mol. The van der Waals surface area contributed by atoms with Crippen LogP contribution in [0.25, 0.3) is 0 Å². The van der Waals surface area contributed by atoms with Gasteiger partial charge in [0, 0.05) is 10.2 Å². The van der Waals surface area contributed by atoms with Crippen molar-refractivity contribution in [3.05, 3.63) is 28.7 Å².